The van der Waals surface area contributed by atoms with Gasteiger partial charge in [0, 0.05) is 78.5 Å². The van der Waals surface area contributed by atoms with Crippen LogP contribution in [-0.2, 0) is 18.9 Å². The molecule has 8 rings (SSSR count). The summed E-state index contributed by atoms with van der Waals surface area (Å²) in [5.74, 6) is 2.66. The minimum atomic E-state index is -2.70. The molecule has 0 N–H and O–H groups in total. The van der Waals surface area contributed by atoms with Crippen LogP contribution >= 0.6 is 22.5 Å². The molecule has 2 saturated carbocycles. The standard InChI is InChI=1S/C31H50N9O4P3/c1-2-7-30(6-1)28-39-10-5-11-40(29-31-8-3-4-9-31)47(39)33-45(35-12-20-41-21-13-35,36-14-22-42-23-15-36)32-46(34-47,37-16-24-43-25-17-37)38-18-26-44-27-19-38/h1-4,6-9H,5,10-29H2. The van der Waals surface area contributed by atoms with Gasteiger partial charge in [-0.15, -0.1) is 0 Å². The van der Waals surface area contributed by atoms with Gasteiger partial charge in [-0.25, -0.2) is 28.0 Å². The highest BCUT2D eigenvalue weighted by Crippen LogP contribution is 2.84. The van der Waals surface area contributed by atoms with Crippen molar-refractivity contribution >= 4 is 22.5 Å². The van der Waals surface area contributed by atoms with Crippen LogP contribution in [0.5, 0.6) is 0 Å². The van der Waals surface area contributed by atoms with Crippen LogP contribution in [0, 0.1) is 63.2 Å². The Morgan fingerprint density at radius 1 is 0.426 bits per heavy atom. The first-order valence-electron chi connectivity index (χ1n) is 17.4. The number of hydrogen-bond acceptors (Lipinski definition) is 13. The van der Waals surface area contributed by atoms with Gasteiger partial charge in [0.25, 0.3) is 0 Å². The number of rotatable bonds is 8. The Kier molecular flexibility index (Phi) is 11.3. The predicted molar refractivity (Wildman–Crippen MR) is 186 cm³/mol. The molecule has 0 aromatic carbocycles. The summed E-state index contributed by atoms with van der Waals surface area (Å²) in [5.41, 5.74) is 0. The minimum Gasteiger partial charge on any atom is -0.379 e. The molecule has 10 radical (unpaired) electrons. The third kappa shape index (κ3) is 6.95. The van der Waals surface area contributed by atoms with Gasteiger partial charge in [-0.3, -0.25) is 0 Å². The molecule has 5 saturated heterocycles. The lowest BCUT2D eigenvalue weighted by Gasteiger charge is -2.55. The molecule has 6 heterocycles. The smallest absolute Gasteiger partial charge is 0.221 e. The van der Waals surface area contributed by atoms with Gasteiger partial charge in [0.15, 0.2) is 0 Å². The summed E-state index contributed by atoms with van der Waals surface area (Å²) in [6.07, 6.45) is 18.8. The molecule has 0 amide bonds. The van der Waals surface area contributed by atoms with E-state index in [1.165, 1.54) is 11.8 Å². The highest BCUT2D eigenvalue weighted by molar-refractivity contribution is 7.83. The van der Waals surface area contributed by atoms with Crippen LogP contribution in [0.25, 0.3) is 0 Å². The van der Waals surface area contributed by atoms with Crippen LogP contribution in [0.4, 0.5) is 0 Å². The van der Waals surface area contributed by atoms with Gasteiger partial charge in [-0.1, -0.05) is 0 Å². The van der Waals surface area contributed by atoms with Crippen molar-refractivity contribution in [3.63, 3.8) is 0 Å². The van der Waals surface area contributed by atoms with Gasteiger partial charge in [-0.2, -0.15) is 13.5 Å². The second kappa shape index (κ2) is 15.5. The molecule has 1 spiro atoms. The summed E-state index contributed by atoms with van der Waals surface area (Å²) in [4.78, 5) is 0. The van der Waals surface area contributed by atoms with Gasteiger partial charge in [0.05, 0.1) is 52.9 Å². The molecular formula is C31H50N9O4P3. The van der Waals surface area contributed by atoms with Crippen molar-refractivity contribution in [3.05, 3.63) is 63.2 Å². The molecule has 258 valence electrons. The van der Waals surface area contributed by atoms with Crippen molar-refractivity contribution in [2.24, 2.45) is 13.5 Å². The zero-order valence-corrected chi connectivity index (χ0v) is 30.2. The average molecular weight is 706 g/mol. The summed E-state index contributed by atoms with van der Waals surface area (Å²) in [6, 6.07) is 0. The van der Waals surface area contributed by atoms with E-state index in [-0.39, 0.29) is 0 Å². The lowest BCUT2D eigenvalue weighted by atomic mass is 10.1. The van der Waals surface area contributed by atoms with Crippen LogP contribution in [0.15, 0.2) is 13.5 Å². The van der Waals surface area contributed by atoms with Gasteiger partial charge >= 0.3 is 0 Å². The minimum absolute atomic E-state index is 0.703. The van der Waals surface area contributed by atoms with Gasteiger partial charge in [0.1, 0.15) is 0 Å². The topological polar surface area (TPSA) is 93.4 Å². The Bertz CT molecular complexity index is 1110. The number of hydrogen-bond donors (Lipinski definition) is 0. The summed E-state index contributed by atoms with van der Waals surface area (Å²) in [6.45, 7) is 15.9. The normalized spacial score (nSPS) is 32.7. The van der Waals surface area contributed by atoms with E-state index in [1.54, 1.807) is 0 Å². The van der Waals surface area contributed by atoms with Crippen molar-refractivity contribution in [1.82, 2.24) is 28.0 Å². The van der Waals surface area contributed by atoms with E-state index in [9.17, 15) is 0 Å². The fourth-order valence-corrected chi connectivity index (χ4v) is 23.6. The third-order valence-corrected chi connectivity index (χ3v) is 22.6. The lowest BCUT2D eigenvalue weighted by Crippen LogP contribution is -2.47. The van der Waals surface area contributed by atoms with Crippen molar-refractivity contribution in [2.75, 3.05) is 131 Å². The summed E-state index contributed by atoms with van der Waals surface area (Å²) in [7, 11) is -8.05. The van der Waals surface area contributed by atoms with Gasteiger partial charge in [-0.05, 0) is 69.6 Å². The molecule has 6 aliphatic heterocycles. The zero-order valence-electron chi connectivity index (χ0n) is 27.5. The van der Waals surface area contributed by atoms with Crippen LogP contribution in [0.3, 0.4) is 0 Å². The molecule has 0 atom stereocenters. The molecule has 8 aliphatic rings. The largest absolute Gasteiger partial charge is 0.379 e. The molecule has 0 unspecified atom stereocenters. The van der Waals surface area contributed by atoms with E-state index in [4.69, 9.17) is 32.5 Å². The maximum absolute atomic E-state index is 6.35. The second-order valence-electron chi connectivity index (χ2n) is 12.9. The summed E-state index contributed by atoms with van der Waals surface area (Å²) in [5, 5.41) is 0. The number of ether oxygens (including phenoxy) is 4. The fourth-order valence-electron chi connectivity index (χ4n) is 7.55. The van der Waals surface area contributed by atoms with Crippen molar-refractivity contribution in [2.45, 2.75) is 6.42 Å². The van der Waals surface area contributed by atoms with Crippen molar-refractivity contribution < 1.29 is 18.9 Å². The lowest BCUT2D eigenvalue weighted by molar-refractivity contribution is 0.0547. The van der Waals surface area contributed by atoms with E-state index >= 15 is 0 Å². The average Bonchev–Trinajstić information content (AvgIpc) is 3.87. The molecule has 47 heavy (non-hydrogen) atoms. The molecule has 0 aromatic rings. The molecule has 13 nitrogen and oxygen atoms in total. The highest BCUT2D eigenvalue weighted by atomic mass is 31.3. The Balaban J connectivity index is 1.39. The quantitative estimate of drug-likeness (QED) is 0.346. The summed E-state index contributed by atoms with van der Waals surface area (Å²) < 4.78 is 59.0. The SMILES string of the molecule is [CH]1[CH][CH][C](CN2CCCN(C[C]3[CH][CH][CH][CH]3)P23=NP(N2CCOCC2)(N2CCOCC2)=NP(N2CCOCC2)(N2CCOCC2)=N3)[CH]1. The Morgan fingerprint density at radius 3 is 1.06 bits per heavy atom. The fraction of sp³-hybridized carbons (Fsp3) is 0.677. The summed E-state index contributed by atoms with van der Waals surface area (Å²) >= 11 is 0. The Morgan fingerprint density at radius 2 is 0.723 bits per heavy atom. The number of morpholine rings is 4. The Labute approximate surface area is 283 Å². The molecule has 0 bridgehead atoms. The van der Waals surface area contributed by atoms with Crippen molar-refractivity contribution in [3.8, 4) is 0 Å². The maximum Gasteiger partial charge on any atom is 0.221 e. The maximum atomic E-state index is 6.35. The first-order chi connectivity index (χ1) is 23.2. The molecule has 0 aromatic heterocycles. The first-order valence-corrected chi connectivity index (χ1v) is 22.2. The first kappa shape index (κ1) is 34.4. The molecule has 2 aliphatic carbocycles. The van der Waals surface area contributed by atoms with E-state index in [1.807, 2.05) is 0 Å². The van der Waals surface area contributed by atoms with Gasteiger partial charge in [0.2, 0.25) is 22.5 Å². The highest BCUT2D eigenvalue weighted by Gasteiger charge is 2.53. The Hall–Kier alpha value is 0.290. The van der Waals surface area contributed by atoms with Crippen molar-refractivity contribution in [1.29, 1.82) is 0 Å². The van der Waals surface area contributed by atoms with E-state index in [2.05, 4.69) is 79.4 Å². The second-order valence-corrected chi connectivity index (χ2v) is 21.6. The van der Waals surface area contributed by atoms with E-state index in [0.29, 0.717) is 52.9 Å². The van der Waals surface area contributed by atoms with Gasteiger partial charge < -0.3 is 18.9 Å². The van der Waals surface area contributed by atoms with E-state index < -0.39 is 22.5 Å². The van der Waals surface area contributed by atoms with E-state index in [0.717, 1.165) is 85.0 Å². The van der Waals surface area contributed by atoms with Crippen LogP contribution < -0.4 is 0 Å². The predicted octanol–water partition coefficient (Wildman–Crippen LogP) is 3.99. The molecule has 16 heteroatoms. The monoisotopic (exact) mass is 705 g/mol. The van der Waals surface area contributed by atoms with Crippen LogP contribution in [-0.4, -0.2) is 159 Å². The van der Waals surface area contributed by atoms with Crippen LogP contribution in [0.1, 0.15) is 6.42 Å². The molecular weight excluding hydrogens is 655 g/mol. The third-order valence-electron chi connectivity index (χ3n) is 9.97. The zero-order chi connectivity index (χ0) is 31.6. The van der Waals surface area contributed by atoms with Crippen LogP contribution in [0.2, 0.25) is 0 Å². The molecule has 7 fully saturated rings. The number of nitrogens with zero attached hydrogens (tertiary/aromatic N) is 9.